The van der Waals surface area contributed by atoms with Crippen molar-refractivity contribution in [1.29, 1.82) is 0 Å². The van der Waals surface area contributed by atoms with E-state index in [4.69, 9.17) is 5.11 Å². The SMILES string of the molecule is O=C(O)c1ccc2c(c1)S(=O)(=O)N=CC=C2. The third kappa shape index (κ3) is 1.74. The average molecular weight is 237 g/mol. The van der Waals surface area contributed by atoms with E-state index in [-0.39, 0.29) is 10.5 Å². The van der Waals surface area contributed by atoms with Gasteiger partial charge in [-0.3, -0.25) is 0 Å². The first-order chi connectivity index (χ1) is 7.50. The number of carbonyl (C=O) groups is 1. The summed E-state index contributed by atoms with van der Waals surface area (Å²) >= 11 is 0. The van der Waals surface area contributed by atoms with Crippen LogP contribution in [0.3, 0.4) is 0 Å². The standard InChI is InChI=1S/C10H7NO4S/c12-10(13)8-4-3-7-2-1-5-11-16(14,15)9(7)6-8/h1-6H,(H,12,13). The van der Waals surface area contributed by atoms with Gasteiger partial charge < -0.3 is 5.11 Å². The van der Waals surface area contributed by atoms with Gasteiger partial charge in [-0.25, -0.2) is 4.79 Å². The zero-order chi connectivity index (χ0) is 11.8. The highest BCUT2D eigenvalue weighted by molar-refractivity contribution is 7.90. The molecule has 0 aliphatic carbocycles. The Morgan fingerprint density at radius 1 is 1.31 bits per heavy atom. The van der Waals surface area contributed by atoms with Crippen molar-refractivity contribution in [3.63, 3.8) is 0 Å². The molecule has 0 fully saturated rings. The first-order valence-electron chi connectivity index (χ1n) is 4.35. The monoisotopic (exact) mass is 237 g/mol. The van der Waals surface area contributed by atoms with Crippen LogP contribution in [0.1, 0.15) is 15.9 Å². The topological polar surface area (TPSA) is 83.8 Å². The van der Waals surface area contributed by atoms with Crippen LogP contribution in [0, 0.1) is 0 Å². The molecule has 1 aromatic rings. The summed E-state index contributed by atoms with van der Waals surface area (Å²) in [6, 6.07) is 3.91. The number of aromatic carboxylic acids is 1. The van der Waals surface area contributed by atoms with E-state index in [1.807, 2.05) is 0 Å². The lowest BCUT2D eigenvalue weighted by molar-refractivity contribution is 0.0696. The Morgan fingerprint density at radius 3 is 2.75 bits per heavy atom. The quantitative estimate of drug-likeness (QED) is 0.794. The zero-order valence-corrected chi connectivity index (χ0v) is 8.81. The Kier molecular flexibility index (Phi) is 2.35. The summed E-state index contributed by atoms with van der Waals surface area (Å²) in [4.78, 5) is 10.6. The van der Waals surface area contributed by atoms with Gasteiger partial charge in [0, 0.05) is 6.21 Å². The van der Waals surface area contributed by atoms with E-state index in [1.165, 1.54) is 18.2 Å². The van der Waals surface area contributed by atoms with E-state index in [0.29, 0.717) is 5.56 Å². The molecular formula is C10H7NO4S. The number of fused-ring (bicyclic) bond motifs is 1. The molecule has 1 aromatic carbocycles. The Morgan fingerprint density at radius 2 is 2.06 bits per heavy atom. The molecule has 82 valence electrons. The highest BCUT2D eigenvalue weighted by Gasteiger charge is 2.19. The predicted molar refractivity (Wildman–Crippen MR) is 58.1 cm³/mol. The minimum Gasteiger partial charge on any atom is -0.478 e. The summed E-state index contributed by atoms with van der Waals surface area (Å²) in [6.45, 7) is 0. The Labute approximate surface area is 91.8 Å². The molecule has 0 unspecified atom stereocenters. The van der Waals surface area contributed by atoms with Crippen molar-refractivity contribution in [2.24, 2.45) is 4.40 Å². The van der Waals surface area contributed by atoms with Crippen LogP contribution in [0.15, 0.2) is 33.6 Å². The second-order valence-electron chi connectivity index (χ2n) is 3.15. The fourth-order valence-electron chi connectivity index (χ4n) is 1.35. The van der Waals surface area contributed by atoms with E-state index in [0.717, 1.165) is 12.3 Å². The van der Waals surface area contributed by atoms with E-state index < -0.39 is 16.0 Å². The number of benzene rings is 1. The van der Waals surface area contributed by atoms with Crippen LogP contribution in [0.5, 0.6) is 0 Å². The van der Waals surface area contributed by atoms with Crippen LogP contribution in [0.4, 0.5) is 0 Å². The molecule has 0 saturated heterocycles. The molecule has 0 radical (unpaired) electrons. The number of allylic oxidation sites excluding steroid dienone is 1. The van der Waals surface area contributed by atoms with Gasteiger partial charge in [-0.15, -0.1) is 0 Å². The van der Waals surface area contributed by atoms with E-state index >= 15 is 0 Å². The lowest BCUT2D eigenvalue weighted by atomic mass is 10.1. The maximum atomic E-state index is 11.6. The lowest BCUT2D eigenvalue weighted by Crippen LogP contribution is -2.03. The number of nitrogens with zero attached hydrogens (tertiary/aromatic N) is 1. The van der Waals surface area contributed by atoms with Gasteiger partial charge in [0.25, 0.3) is 10.0 Å². The van der Waals surface area contributed by atoms with Crippen LogP contribution in [0.2, 0.25) is 0 Å². The molecule has 0 spiro atoms. The summed E-state index contributed by atoms with van der Waals surface area (Å²) in [5.41, 5.74) is 0.357. The molecule has 0 saturated carbocycles. The molecule has 0 atom stereocenters. The highest BCUT2D eigenvalue weighted by atomic mass is 32.2. The number of hydrogen-bond acceptors (Lipinski definition) is 3. The molecule has 1 heterocycles. The Balaban J connectivity index is 2.74. The number of carboxylic acid groups (broad SMARTS) is 1. The summed E-state index contributed by atoms with van der Waals surface area (Å²) in [6.07, 6.45) is 4.22. The summed E-state index contributed by atoms with van der Waals surface area (Å²) in [5.74, 6) is -1.17. The molecule has 0 bridgehead atoms. The van der Waals surface area contributed by atoms with E-state index in [2.05, 4.69) is 4.40 Å². The van der Waals surface area contributed by atoms with Gasteiger partial charge in [-0.05, 0) is 23.8 Å². The minimum atomic E-state index is -3.79. The van der Waals surface area contributed by atoms with Crippen molar-refractivity contribution in [2.75, 3.05) is 0 Å². The molecular weight excluding hydrogens is 230 g/mol. The molecule has 1 N–H and O–H groups in total. The number of rotatable bonds is 1. The average Bonchev–Trinajstić information content (AvgIpc) is 2.37. The molecule has 5 nitrogen and oxygen atoms in total. The fraction of sp³-hybridized carbons (Fsp3) is 0. The molecule has 1 aliphatic rings. The van der Waals surface area contributed by atoms with Gasteiger partial charge in [0.05, 0.1) is 10.5 Å². The van der Waals surface area contributed by atoms with Gasteiger partial charge in [0.15, 0.2) is 0 Å². The van der Waals surface area contributed by atoms with Gasteiger partial charge in [0.2, 0.25) is 0 Å². The third-order valence-electron chi connectivity index (χ3n) is 2.10. The van der Waals surface area contributed by atoms with Crippen LogP contribution in [-0.4, -0.2) is 25.7 Å². The Bertz CT molecular complexity index is 614. The van der Waals surface area contributed by atoms with E-state index in [9.17, 15) is 13.2 Å². The number of sulfonamides is 1. The Hall–Kier alpha value is -1.95. The second kappa shape index (κ2) is 3.57. The maximum Gasteiger partial charge on any atom is 0.335 e. The minimum absolute atomic E-state index is 0.0761. The number of hydrogen-bond donors (Lipinski definition) is 1. The summed E-state index contributed by atoms with van der Waals surface area (Å²) < 4.78 is 26.6. The predicted octanol–water partition coefficient (Wildman–Crippen LogP) is 1.17. The zero-order valence-electron chi connectivity index (χ0n) is 7.99. The molecule has 2 rings (SSSR count). The molecule has 16 heavy (non-hydrogen) atoms. The van der Waals surface area contributed by atoms with Gasteiger partial charge >= 0.3 is 5.97 Å². The van der Waals surface area contributed by atoms with Crippen molar-refractivity contribution in [3.05, 3.63) is 35.4 Å². The molecule has 1 aliphatic heterocycles. The van der Waals surface area contributed by atoms with Crippen molar-refractivity contribution >= 4 is 28.3 Å². The summed E-state index contributed by atoms with van der Waals surface area (Å²) in [7, 11) is -3.79. The van der Waals surface area contributed by atoms with Crippen LogP contribution in [-0.2, 0) is 10.0 Å². The van der Waals surface area contributed by atoms with Crippen molar-refractivity contribution in [1.82, 2.24) is 0 Å². The van der Waals surface area contributed by atoms with E-state index in [1.54, 1.807) is 6.08 Å². The molecule has 0 aromatic heterocycles. The number of carboxylic acids is 1. The maximum absolute atomic E-state index is 11.6. The fourth-order valence-corrected chi connectivity index (χ4v) is 2.40. The smallest absolute Gasteiger partial charge is 0.335 e. The first-order valence-corrected chi connectivity index (χ1v) is 5.79. The largest absolute Gasteiger partial charge is 0.478 e. The van der Waals surface area contributed by atoms with Gasteiger partial charge in [-0.2, -0.15) is 12.8 Å². The van der Waals surface area contributed by atoms with Crippen molar-refractivity contribution < 1.29 is 18.3 Å². The van der Waals surface area contributed by atoms with Gasteiger partial charge in [0.1, 0.15) is 0 Å². The van der Waals surface area contributed by atoms with Gasteiger partial charge in [-0.1, -0.05) is 12.1 Å². The summed E-state index contributed by atoms with van der Waals surface area (Å²) in [5, 5.41) is 8.78. The molecule has 0 amide bonds. The van der Waals surface area contributed by atoms with Crippen molar-refractivity contribution in [2.45, 2.75) is 4.90 Å². The second-order valence-corrected chi connectivity index (χ2v) is 4.75. The third-order valence-corrected chi connectivity index (χ3v) is 3.41. The van der Waals surface area contributed by atoms with Crippen LogP contribution >= 0.6 is 0 Å². The first kappa shape index (κ1) is 10.6. The van der Waals surface area contributed by atoms with Crippen molar-refractivity contribution in [3.8, 4) is 0 Å². The van der Waals surface area contributed by atoms with Crippen LogP contribution < -0.4 is 0 Å². The normalized spacial score (nSPS) is 16.5. The molecule has 6 heteroatoms. The lowest BCUT2D eigenvalue weighted by Gasteiger charge is -2.03. The van der Waals surface area contributed by atoms with Crippen LogP contribution in [0.25, 0.3) is 6.08 Å². The highest BCUT2D eigenvalue weighted by Crippen LogP contribution is 2.22.